The molecule has 6 heteroatoms. The summed E-state index contributed by atoms with van der Waals surface area (Å²) in [6.45, 7) is -3.18. The molecule has 15 heavy (non-hydrogen) atoms. The smallest absolute Gasteiger partial charge is 0.445 e. The molecule has 1 rings (SSSR count). The van der Waals surface area contributed by atoms with Crippen LogP contribution in [0.2, 0.25) is 5.02 Å². The van der Waals surface area contributed by atoms with Crippen molar-refractivity contribution in [1.82, 2.24) is 0 Å². The Labute approximate surface area is 134 Å². The molecule has 0 aliphatic rings. The predicted molar refractivity (Wildman–Crippen MR) is 54.3 cm³/mol. The van der Waals surface area contributed by atoms with Crippen LogP contribution in [0.25, 0.3) is 6.08 Å². The molecular weight excluding hydrogens is 250 g/mol. The van der Waals surface area contributed by atoms with Crippen LogP contribution in [0.3, 0.4) is 0 Å². The summed E-state index contributed by atoms with van der Waals surface area (Å²) in [6, 6.07) is 4.99. The average molecular weight is 259 g/mol. The standard InChI is InChI=1S/C9H8BClF3.K/c1-7-3-2-4-9(11)8(7)5-6-10(12,13)14;/h2-6H,1H3;/q-1;+1/b6-5+;. The first-order chi connectivity index (χ1) is 6.40. The van der Waals surface area contributed by atoms with Gasteiger partial charge >= 0.3 is 58.4 Å². The van der Waals surface area contributed by atoms with E-state index in [1.165, 1.54) is 0 Å². The second-order valence-electron chi connectivity index (χ2n) is 2.95. The maximum atomic E-state index is 11.9. The van der Waals surface area contributed by atoms with Crippen molar-refractivity contribution >= 4 is 24.7 Å². The van der Waals surface area contributed by atoms with Crippen LogP contribution in [0.5, 0.6) is 0 Å². The van der Waals surface area contributed by atoms with Crippen molar-refractivity contribution < 1.29 is 64.3 Å². The Bertz CT molecular complexity index is 343. The third kappa shape index (κ3) is 5.56. The van der Waals surface area contributed by atoms with Crippen molar-refractivity contribution in [2.45, 2.75) is 6.92 Å². The first kappa shape index (κ1) is 15.7. The fourth-order valence-corrected chi connectivity index (χ4v) is 1.35. The van der Waals surface area contributed by atoms with Gasteiger partial charge in [0.05, 0.1) is 0 Å². The maximum Gasteiger partial charge on any atom is 1.00 e. The summed E-state index contributed by atoms with van der Waals surface area (Å²) in [5.41, 5.74) is 1.15. The van der Waals surface area contributed by atoms with Gasteiger partial charge in [-0.2, -0.15) is 0 Å². The van der Waals surface area contributed by atoms with E-state index in [0.717, 1.165) is 11.6 Å². The molecule has 0 nitrogen and oxygen atoms in total. The normalized spacial score (nSPS) is 11.5. The van der Waals surface area contributed by atoms with E-state index in [1.54, 1.807) is 25.1 Å². The minimum atomic E-state index is -4.90. The number of benzene rings is 1. The molecule has 0 aromatic heterocycles. The van der Waals surface area contributed by atoms with Crippen molar-refractivity contribution in [1.29, 1.82) is 0 Å². The SMILES string of the molecule is Cc1cccc(Cl)c1/C=C/[B-](F)(F)F.[K+]. The quantitative estimate of drug-likeness (QED) is 0.696. The van der Waals surface area contributed by atoms with Gasteiger partial charge in [-0.3, -0.25) is 0 Å². The first-order valence-electron chi connectivity index (χ1n) is 4.04. The van der Waals surface area contributed by atoms with E-state index in [9.17, 15) is 12.9 Å². The van der Waals surface area contributed by atoms with Crippen LogP contribution >= 0.6 is 11.6 Å². The van der Waals surface area contributed by atoms with Crippen LogP contribution < -0.4 is 51.4 Å². The molecule has 1 aromatic rings. The molecule has 0 spiro atoms. The Kier molecular flexibility index (Phi) is 6.79. The van der Waals surface area contributed by atoms with E-state index in [0.29, 0.717) is 10.6 Å². The van der Waals surface area contributed by atoms with Crippen LogP contribution in [0.4, 0.5) is 12.9 Å². The van der Waals surface area contributed by atoms with E-state index in [4.69, 9.17) is 11.6 Å². The topological polar surface area (TPSA) is 0 Å². The van der Waals surface area contributed by atoms with Crippen LogP contribution in [-0.4, -0.2) is 6.98 Å². The second kappa shape index (κ2) is 6.47. The maximum absolute atomic E-state index is 11.9. The van der Waals surface area contributed by atoms with E-state index < -0.39 is 6.98 Å². The minimum absolute atomic E-state index is 0. The molecule has 0 atom stereocenters. The summed E-state index contributed by atoms with van der Waals surface area (Å²) in [4.78, 5) is 0. The van der Waals surface area contributed by atoms with Gasteiger partial charge in [-0.1, -0.05) is 29.8 Å². The van der Waals surface area contributed by atoms with Gasteiger partial charge in [-0.25, -0.2) is 0 Å². The van der Waals surface area contributed by atoms with Crippen LogP contribution in [-0.2, 0) is 0 Å². The van der Waals surface area contributed by atoms with Crippen molar-refractivity contribution in [2.24, 2.45) is 0 Å². The van der Waals surface area contributed by atoms with Gasteiger partial charge in [-0.05, 0) is 24.1 Å². The number of hydrogen-bond acceptors (Lipinski definition) is 0. The van der Waals surface area contributed by atoms with E-state index in [-0.39, 0.29) is 57.4 Å². The van der Waals surface area contributed by atoms with Gasteiger partial charge in [0.1, 0.15) is 0 Å². The summed E-state index contributed by atoms with van der Waals surface area (Å²) in [5, 5.41) is 0.335. The molecule has 0 saturated heterocycles. The molecule has 0 fully saturated rings. The summed E-state index contributed by atoms with van der Waals surface area (Å²) >= 11 is 5.75. The fourth-order valence-electron chi connectivity index (χ4n) is 1.06. The van der Waals surface area contributed by atoms with Gasteiger partial charge in [0.25, 0.3) is 0 Å². The zero-order valence-corrected chi connectivity index (χ0v) is 12.4. The van der Waals surface area contributed by atoms with Gasteiger partial charge in [0.2, 0.25) is 0 Å². The Morgan fingerprint density at radius 2 is 1.87 bits per heavy atom. The number of hydrogen-bond donors (Lipinski definition) is 0. The van der Waals surface area contributed by atoms with E-state index >= 15 is 0 Å². The predicted octanol–water partition coefficient (Wildman–Crippen LogP) is 1.05. The summed E-state index contributed by atoms with van der Waals surface area (Å²) in [7, 11) is 0. The van der Waals surface area contributed by atoms with E-state index in [2.05, 4.69) is 0 Å². The Morgan fingerprint density at radius 3 is 2.33 bits per heavy atom. The Balaban J connectivity index is 0.00000196. The van der Waals surface area contributed by atoms with Crippen molar-refractivity contribution in [3.05, 3.63) is 40.3 Å². The Morgan fingerprint density at radius 1 is 1.27 bits per heavy atom. The zero-order valence-electron chi connectivity index (χ0n) is 8.48. The zero-order chi connectivity index (χ0) is 10.8. The van der Waals surface area contributed by atoms with Gasteiger partial charge in [0, 0.05) is 5.02 Å². The van der Waals surface area contributed by atoms with Gasteiger partial charge in [0.15, 0.2) is 0 Å². The van der Waals surface area contributed by atoms with Gasteiger partial charge in [-0.15, -0.1) is 5.98 Å². The molecular formula is C9H8BClF3K. The van der Waals surface area contributed by atoms with Crippen molar-refractivity contribution in [2.75, 3.05) is 0 Å². The molecule has 0 saturated carbocycles. The molecule has 0 unspecified atom stereocenters. The summed E-state index contributed by atoms with van der Waals surface area (Å²) in [5.74, 6) is 0.244. The summed E-state index contributed by atoms with van der Waals surface area (Å²) < 4.78 is 35.8. The fraction of sp³-hybridized carbons (Fsp3) is 0.111. The number of halogens is 4. The van der Waals surface area contributed by atoms with E-state index in [1.807, 2.05) is 0 Å². The number of rotatable bonds is 2. The van der Waals surface area contributed by atoms with Crippen LogP contribution in [0.15, 0.2) is 24.2 Å². The van der Waals surface area contributed by atoms with Crippen molar-refractivity contribution in [3.8, 4) is 0 Å². The summed E-state index contributed by atoms with van der Waals surface area (Å²) in [6.07, 6.45) is 1.01. The molecule has 0 aliphatic carbocycles. The third-order valence-electron chi connectivity index (χ3n) is 1.75. The molecule has 0 heterocycles. The van der Waals surface area contributed by atoms with Crippen LogP contribution in [0.1, 0.15) is 11.1 Å². The monoisotopic (exact) mass is 258 g/mol. The molecule has 0 amide bonds. The Hall–Kier alpha value is 0.741. The third-order valence-corrected chi connectivity index (χ3v) is 2.08. The average Bonchev–Trinajstić information content (AvgIpc) is 2.01. The molecule has 0 aliphatic heterocycles. The number of aryl methyl sites for hydroxylation is 1. The molecule has 1 aromatic carbocycles. The second-order valence-corrected chi connectivity index (χ2v) is 3.36. The van der Waals surface area contributed by atoms with Gasteiger partial charge < -0.3 is 12.9 Å². The molecule has 0 N–H and O–H groups in total. The largest absolute Gasteiger partial charge is 1.00 e. The first-order valence-corrected chi connectivity index (χ1v) is 4.42. The molecule has 76 valence electrons. The van der Waals surface area contributed by atoms with Crippen molar-refractivity contribution in [3.63, 3.8) is 0 Å². The molecule has 0 radical (unpaired) electrons. The minimum Gasteiger partial charge on any atom is -0.445 e. The van der Waals surface area contributed by atoms with Crippen LogP contribution in [0, 0.1) is 6.92 Å². The molecule has 0 bridgehead atoms.